The van der Waals surface area contributed by atoms with E-state index in [-0.39, 0.29) is 5.91 Å². The highest BCUT2D eigenvalue weighted by molar-refractivity contribution is 7.99. The molecule has 2 rings (SSSR count). The van der Waals surface area contributed by atoms with Gasteiger partial charge >= 0.3 is 0 Å². The third kappa shape index (κ3) is 3.00. The molecule has 104 valence electrons. The number of amides is 1. The molecule has 4 nitrogen and oxygen atoms in total. The SMILES string of the molecule is COCCN(C(=O)C(C)(N)C1CC1)C1CCSC1. The molecule has 1 aliphatic heterocycles. The molecule has 18 heavy (non-hydrogen) atoms. The molecule has 5 heteroatoms. The van der Waals surface area contributed by atoms with Crippen LogP contribution in [-0.2, 0) is 9.53 Å². The topological polar surface area (TPSA) is 55.6 Å². The van der Waals surface area contributed by atoms with Crippen molar-refractivity contribution in [3.63, 3.8) is 0 Å². The van der Waals surface area contributed by atoms with Crippen molar-refractivity contribution in [2.45, 2.75) is 37.8 Å². The summed E-state index contributed by atoms with van der Waals surface area (Å²) in [6.45, 7) is 3.16. The first kappa shape index (κ1) is 14.2. The first-order valence-electron chi connectivity index (χ1n) is 6.74. The number of nitrogens with two attached hydrogens (primary N) is 1. The van der Waals surface area contributed by atoms with E-state index in [1.807, 2.05) is 23.6 Å². The second-order valence-corrected chi connectivity index (χ2v) is 6.72. The van der Waals surface area contributed by atoms with Crippen LogP contribution >= 0.6 is 11.8 Å². The van der Waals surface area contributed by atoms with Crippen LogP contribution in [0.15, 0.2) is 0 Å². The Balaban J connectivity index is 2.04. The summed E-state index contributed by atoms with van der Waals surface area (Å²) in [4.78, 5) is 14.6. The number of thioether (sulfide) groups is 1. The van der Waals surface area contributed by atoms with E-state index < -0.39 is 5.54 Å². The molecule has 2 unspecified atom stereocenters. The van der Waals surface area contributed by atoms with Crippen molar-refractivity contribution in [3.8, 4) is 0 Å². The van der Waals surface area contributed by atoms with E-state index in [4.69, 9.17) is 10.5 Å². The highest BCUT2D eigenvalue weighted by Gasteiger charge is 2.47. The summed E-state index contributed by atoms with van der Waals surface area (Å²) in [5.74, 6) is 2.68. The molecule has 0 aromatic rings. The predicted octanol–water partition coefficient (Wildman–Crippen LogP) is 1.09. The van der Waals surface area contributed by atoms with Gasteiger partial charge in [0.25, 0.3) is 0 Å². The Kier molecular flexibility index (Phi) is 4.56. The number of rotatable bonds is 6. The van der Waals surface area contributed by atoms with Crippen LogP contribution in [0.3, 0.4) is 0 Å². The van der Waals surface area contributed by atoms with Gasteiger partial charge in [0.2, 0.25) is 5.91 Å². The van der Waals surface area contributed by atoms with E-state index in [1.54, 1.807) is 7.11 Å². The van der Waals surface area contributed by atoms with Crippen molar-refractivity contribution in [1.82, 2.24) is 4.90 Å². The number of nitrogens with zero attached hydrogens (tertiary/aromatic N) is 1. The largest absolute Gasteiger partial charge is 0.383 e. The Morgan fingerprint density at radius 2 is 2.22 bits per heavy atom. The Morgan fingerprint density at radius 1 is 1.50 bits per heavy atom. The van der Waals surface area contributed by atoms with Crippen molar-refractivity contribution in [1.29, 1.82) is 0 Å². The number of hydrogen-bond donors (Lipinski definition) is 1. The molecule has 0 aromatic heterocycles. The third-order valence-electron chi connectivity index (χ3n) is 4.03. The van der Waals surface area contributed by atoms with Gasteiger partial charge in [-0.25, -0.2) is 0 Å². The van der Waals surface area contributed by atoms with Crippen LogP contribution in [0, 0.1) is 5.92 Å². The summed E-state index contributed by atoms with van der Waals surface area (Å²) >= 11 is 1.92. The van der Waals surface area contributed by atoms with Gasteiger partial charge in [-0.3, -0.25) is 4.79 Å². The molecule has 2 aliphatic rings. The fourth-order valence-corrected chi connectivity index (χ4v) is 3.80. The Labute approximate surface area is 114 Å². The fourth-order valence-electron chi connectivity index (χ4n) is 2.57. The zero-order chi connectivity index (χ0) is 13.2. The maximum Gasteiger partial charge on any atom is 0.243 e. The maximum absolute atomic E-state index is 12.7. The van der Waals surface area contributed by atoms with Gasteiger partial charge < -0.3 is 15.4 Å². The average Bonchev–Trinajstić information content (AvgIpc) is 3.08. The zero-order valence-corrected chi connectivity index (χ0v) is 12.2. The molecular formula is C13H24N2O2S. The second-order valence-electron chi connectivity index (χ2n) is 5.57. The molecule has 2 atom stereocenters. The summed E-state index contributed by atoms with van der Waals surface area (Å²) in [6, 6.07) is 0.347. The van der Waals surface area contributed by atoms with Crippen molar-refractivity contribution in [2.24, 2.45) is 11.7 Å². The molecule has 0 radical (unpaired) electrons. The van der Waals surface area contributed by atoms with E-state index >= 15 is 0 Å². The van der Waals surface area contributed by atoms with Crippen molar-refractivity contribution in [2.75, 3.05) is 31.8 Å². The average molecular weight is 272 g/mol. The van der Waals surface area contributed by atoms with E-state index in [0.29, 0.717) is 25.1 Å². The van der Waals surface area contributed by atoms with Gasteiger partial charge in [-0.2, -0.15) is 11.8 Å². The number of carbonyl (C=O) groups is 1. The van der Waals surface area contributed by atoms with Gasteiger partial charge in [-0.15, -0.1) is 0 Å². The number of carbonyl (C=O) groups excluding carboxylic acids is 1. The molecule has 0 spiro atoms. The van der Waals surface area contributed by atoms with Crippen LogP contribution in [0.5, 0.6) is 0 Å². The van der Waals surface area contributed by atoms with Gasteiger partial charge in [0.15, 0.2) is 0 Å². The van der Waals surface area contributed by atoms with Gasteiger partial charge in [0.1, 0.15) is 0 Å². The summed E-state index contributed by atoms with van der Waals surface area (Å²) in [5, 5.41) is 0. The summed E-state index contributed by atoms with van der Waals surface area (Å²) in [6.07, 6.45) is 3.27. The van der Waals surface area contributed by atoms with Crippen molar-refractivity contribution >= 4 is 17.7 Å². The highest BCUT2D eigenvalue weighted by Crippen LogP contribution is 2.39. The number of hydrogen-bond acceptors (Lipinski definition) is 4. The van der Waals surface area contributed by atoms with E-state index in [1.165, 1.54) is 0 Å². The Hall–Kier alpha value is -0.260. The monoisotopic (exact) mass is 272 g/mol. The minimum atomic E-state index is -0.680. The molecular weight excluding hydrogens is 248 g/mol. The molecule has 0 aromatic carbocycles. The minimum absolute atomic E-state index is 0.120. The molecule has 0 bridgehead atoms. The first-order chi connectivity index (χ1) is 8.57. The quantitative estimate of drug-likeness (QED) is 0.786. The Morgan fingerprint density at radius 3 is 2.72 bits per heavy atom. The van der Waals surface area contributed by atoms with E-state index in [2.05, 4.69) is 0 Å². The van der Waals surface area contributed by atoms with Crippen LogP contribution < -0.4 is 5.73 Å². The van der Waals surface area contributed by atoms with Gasteiger partial charge in [0, 0.05) is 25.4 Å². The van der Waals surface area contributed by atoms with Crippen molar-refractivity contribution < 1.29 is 9.53 Å². The van der Waals surface area contributed by atoms with Crippen LogP contribution in [0.1, 0.15) is 26.2 Å². The van der Waals surface area contributed by atoms with Crippen LogP contribution in [0.4, 0.5) is 0 Å². The van der Waals surface area contributed by atoms with Gasteiger partial charge in [-0.05, 0) is 37.9 Å². The predicted molar refractivity (Wildman–Crippen MR) is 74.6 cm³/mol. The molecule has 1 saturated heterocycles. The van der Waals surface area contributed by atoms with Crippen molar-refractivity contribution in [3.05, 3.63) is 0 Å². The zero-order valence-electron chi connectivity index (χ0n) is 11.4. The standard InChI is InChI=1S/C13H24N2O2S/c1-13(14,10-3-4-10)12(16)15(6-7-17-2)11-5-8-18-9-11/h10-11H,3-9,14H2,1-2H3. The molecule has 1 amide bonds. The summed E-state index contributed by atoms with van der Waals surface area (Å²) in [5.41, 5.74) is 5.59. The van der Waals surface area contributed by atoms with Crippen LogP contribution in [-0.4, -0.2) is 54.2 Å². The molecule has 1 heterocycles. The molecule has 2 fully saturated rings. The van der Waals surface area contributed by atoms with E-state index in [9.17, 15) is 4.79 Å². The van der Waals surface area contributed by atoms with Gasteiger partial charge in [-0.1, -0.05) is 0 Å². The lowest BCUT2D eigenvalue weighted by Gasteiger charge is -2.35. The molecule has 1 saturated carbocycles. The number of methoxy groups -OCH3 is 1. The summed E-state index contributed by atoms with van der Waals surface area (Å²) in [7, 11) is 1.68. The second kappa shape index (κ2) is 5.80. The lowest BCUT2D eigenvalue weighted by molar-refractivity contribution is -0.139. The maximum atomic E-state index is 12.7. The first-order valence-corrected chi connectivity index (χ1v) is 7.89. The van der Waals surface area contributed by atoms with Gasteiger partial charge in [0.05, 0.1) is 12.1 Å². The minimum Gasteiger partial charge on any atom is -0.383 e. The summed E-state index contributed by atoms with van der Waals surface area (Å²) < 4.78 is 5.13. The third-order valence-corrected chi connectivity index (χ3v) is 5.17. The normalized spacial score (nSPS) is 26.9. The van der Waals surface area contributed by atoms with Crippen LogP contribution in [0.2, 0.25) is 0 Å². The number of ether oxygens (including phenoxy) is 1. The lowest BCUT2D eigenvalue weighted by atomic mass is 9.94. The smallest absolute Gasteiger partial charge is 0.243 e. The fraction of sp³-hybridized carbons (Fsp3) is 0.923. The Bertz CT molecular complexity index is 299. The lowest BCUT2D eigenvalue weighted by Crippen LogP contribution is -2.58. The molecule has 2 N–H and O–H groups in total. The van der Waals surface area contributed by atoms with E-state index in [0.717, 1.165) is 30.8 Å². The van der Waals surface area contributed by atoms with Crippen LogP contribution in [0.25, 0.3) is 0 Å². The molecule has 1 aliphatic carbocycles. The highest BCUT2D eigenvalue weighted by atomic mass is 32.2.